The largest absolute Gasteiger partial charge is 0.408 e. The van der Waals surface area contributed by atoms with E-state index in [0.717, 1.165) is 4.90 Å². The number of para-hydroxylation sites is 1. The van der Waals surface area contributed by atoms with Crippen molar-refractivity contribution in [3.63, 3.8) is 0 Å². The predicted molar refractivity (Wildman–Crippen MR) is 94.2 cm³/mol. The maximum atomic E-state index is 13.2. The standard InChI is InChI=1S/C17H18F3N3O2.ClH/c18-17(19,20)15-6-5-11(21)9-23(15)16(25)10-22-8-7-14(24)12-3-1-2-4-13(12)22;/h1-4,7-8,11,15H,5-6,9-10,21H2;1H. The Morgan fingerprint density at radius 3 is 2.58 bits per heavy atom. The first-order chi connectivity index (χ1) is 11.8. The summed E-state index contributed by atoms with van der Waals surface area (Å²) in [6.45, 7) is -0.402. The molecule has 2 atom stereocenters. The summed E-state index contributed by atoms with van der Waals surface area (Å²) in [4.78, 5) is 25.3. The van der Waals surface area contributed by atoms with Gasteiger partial charge in [-0.25, -0.2) is 0 Å². The van der Waals surface area contributed by atoms with E-state index in [-0.39, 0.29) is 43.8 Å². The summed E-state index contributed by atoms with van der Waals surface area (Å²) in [6.07, 6.45) is -3.02. The van der Waals surface area contributed by atoms with Gasteiger partial charge in [0.1, 0.15) is 12.6 Å². The van der Waals surface area contributed by atoms with Gasteiger partial charge in [-0.1, -0.05) is 12.1 Å². The van der Waals surface area contributed by atoms with Gasteiger partial charge in [-0.15, -0.1) is 12.4 Å². The molecule has 0 radical (unpaired) electrons. The molecule has 5 nitrogen and oxygen atoms in total. The van der Waals surface area contributed by atoms with Crippen LogP contribution in [0.4, 0.5) is 13.2 Å². The van der Waals surface area contributed by atoms with Gasteiger partial charge in [0, 0.05) is 30.2 Å². The van der Waals surface area contributed by atoms with E-state index in [1.165, 1.54) is 16.8 Å². The van der Waals surface area contributed by atoms with Gasteiger partial charge in [0.25, 0.3) is 0 Å². The highest BCUT2D eigenvalue weighted by Gasteiger charge is 2.47. The fraction of sp³-hybridized carbons (Fsp3) is 0.412. The quantitative estimate of drug-likeness (QED) is 0.857. The predicted octanol–water partition coefficient (Wildman–Crippen LogP) is 2.30. The van der Waals surface area contributed by atoms with Crippen molar-refractivity contribution in [2.24, 2.45) is 5.73 Å². The lowest BCUT2D eigenvalue weighted by Crippen LogP contribution is -2.57. The summed E-state index contributed by atoms with van der Waals surface area (Å²) in [5.41, 5.74) is 6.07. The van der Waals surface area contributed by atoms with Crippen LogP contribution in [0.1, 0.15) is 12.8 Å². The van der Waals surface area contributed by atoms with Crippen LogP contribution in [-0.2, 0) is 11.3 Å². The van der Waals surface area contributed by atoms with E-state index in [1.807, 2.05) is 0 Å². The average molecular weight is 390 g/mol. The molecular weight excluding hydrogens is 371 g/mol. The minimum absolute atomic E-state index is 0. The molecule has 1 amide bonds. The minimum atomic E-state index is -4.48. The number of amides is 1. The van der Waals surface area contributed by atoms with Crippen LogP contribution < -0.4 is 11.2 Å². The molecule has 1 aromatic carbocycles. The fourth-order valence-corrected chi connectivity index (χ4v) is 3.25. The Hall–Kier alpha value is -2.06. The van der Waals surface area contributed by atoms with E-state index >= 15 is 0 Å². The molecule has 9 heteroatoms. The molecular formula is C17H19ClF3N3O2. The molecule has 0 spiro atoms. The van der Waals surface area contributed by atoms with Crippen molar-refractivity contribution >= 4 is 29.2 Å². The van der Waals surface area contributed by atoms with Crippen LogP contribution in [0.15, 0.2) is 41.3 Å². The fourth-order valence-electron chi connectivity index (χ4n) is 3.25. The average Bonchev–Trinajstić information content (AvgIpc) is 2.56. The van der Waals surface area contributed by atoms with E-state index in [9.17, 15) is 22.8 Å². The normalized spacial score (nSPS) is 20.7. The van der Waals surface area contributed by atoms with Gasteiger partial charge in [-0.2, -0.15) is 13.2 Å². The number of benzene rings is 1. The van der Waals surface area contributed by atoms with Crippen LogP contribution in [0.3, 0.4) is 0 Å². The zero-order chi connectivity index (χ0) is 18.2. The van der Waals surface area contributed by atoms with E-state index in [1.54, 1.807) is 24.3 Å². The molecule has 0 aliphatic carbocycles. The highest BCUT2D eigenvalue weighted by Crippen LogP contribution is 2.31. The first-order valence-electron chi connectivity index (χ1n) is 7.97. The van der Waals surface area contributed by atoms with Crippen LogP contribution in [-0.4, -0.2) is 40.2 Å². The molecule has 2 aromatic rings. The molecule has 1 fully saturated rings. The zero-order valence-electron chi connectivity index (χ0n) is 13.8. The number of aromatic nitrogens is 1. The maximum Gasteiger partial charge on any atom is 0.408 e. The van der Waals surface area contributed by atoms with Crippen molar-refractivity contribution in [2.75, 3.05) is 6.54 Å². The van der Waals surface area contributed by atoms with E-state index < -0.39 is 24.2 Å². The molecule has 0 bridgehead atoms. The first-order valence-corrected chi connectivity index (χ1v) is 7.97. The van der Waals surface area contributed by atoms with Crippen molar-refractivity contribution < 1.29 is 18.0 Å². The summed E-state index contributed by atoms with van der Waals surface area (Å²) in [7, 11) is 0. The highest BCUT2D eigenvalue weighted by atomic mass is 35.5. The Balaban J connectivity index is 0.00000243. The van der Waals surface area contributed by atoms with Crippen molar-refractivity contribution in [2.45, 2.75) is 37.6 Å². The first kappa shape index (κ1) is 20.3. The Morgan fingerprint density at radius 2 is 1.88 bits per heavy atom. The minimum Gasteiger partial charge on any atom is -0.338 e. The monoisotopic (exact) mass is 389 g/mol. The van der Waals surface area contributed by atoms with Gasteiger partial charge in [0.15, 0.2) is 5.43 Å². The number of nitrogens with zero attached hydrogens (tertiary/aromatic N) is 2. The van der Waals surface area contributed by atoms with E-state index in [4.69, 9.17) is 5.73 Å². The molecule has 0 saturated carbocycles. The number of rotatable bonds is 2. The van der Waals surface area contributed by atoms with Crippen LogP contribution in [0.5, 0.6) is 0 Å². The zero-order valence-corrected chi connectivity index (χ0v) is 14.6. The lowest BCUT2D eigenvalue weighted by molar-refractivity contribution is -0.197. The van der Waals surface area contributed by atoms with Crippen LogP contribution in [0.2, 0.25) is 0 Å². The maximum absolute atomic E-state index is 13.2. The Labute approximate surface area is 154 Å². The van der Waals surface area contributed by atoms with Crippen molar-refractivity contribution in [1.29, 1.82) is 0 Å². The van der Waals surface area contributed by atoms with Gasteiger partial charge in [-0.3, -0.25) is 9.59 Å². The number of likely N-dealkylation sites (tertiary alicyclic amines) is 1. The van der Waals surface area contributed by atoms with Crippen LogP contribution in [0.25, 0.3) is 10.9 Å². The van der Waals surface area contributed by atoms with E-state index in [0.29, 0.717) is 10.9 Å². The summed E-state index contributed by atoms with van der Waals surface area (Å²) >= 11 is 0. The smallest absolute Gasteiger partial charge is 0.338 e. The van der Waals surface area contributed by atoms with Gasteiger partial charge >= 0.3 is 6.18 Å². The number of piperidine rings is 1. The number of halogens is 4. The number of alkyl halides is 3. The van der Waals surface area contributed by atoms with Gasteiger partial charge < -0.3 is 15.2 Å². The SMILES string of the molecule is Cl.NC1CCC(C(F)(F)F)N(C(=O)Cn2ccc(=O)c3ccccc32)C1. The molecule has 1 aromatic heterocycles. The van der Waals surface area contributed by atoms with Gasteiger partial charge in [0.05, 0.1) is 5.52 Å². The number of nitrogens with two attached hydrogens (primary N) is 1. The van der Waals surface area contributed by atoms with Gasteiger partial charge in [-0.05, 0) is 25.0 Å². The van der Waals surface area contributed by atoms with Crippen molar-refractivity contribution in [3.05, 3.63) is 46.8 Å². The molecule has 2 N–H and O–H groups in total. The topological polar surface area (TPSA) is 68.3 Å². The molecule has 142 valence electrons. The van der Waals surface area contributed by atoms with Crippen molar-refractivity contribution in [3.8, 4) is 0 Å². The third-order valence-electron chi connectivity index (χ3n) is 4.51. The second-order valence-corrected chi connectivity index (χ2v) is 6.27. The number of fused-ring (bicyclic) bond motifs is 1. The molecule has 2 unspecified atom stereocenters. The Kier molecular flexibility index (Phi) is 5.98. The van der Waals surface area contributed by atoms with Crippen LogP contribution >= 0.6 is 12.4 Å². The van der Waals surface area contributed by atoms with Crippen LogP contribution in [0, 0.1) is 0 Å². The molecule has 1 saturated heterocycles. The number of hydrogen-bond donors (Lipinski definition) is 1. The number of hydrogen-bond acceptors (Lipinski definition) is 3. The lowest BCUT2D eigenvalue weighted by atomic mass is 9.98. The Bertz CT molecular complexity index is 853. The molecule has 1 aliphatic heterocycles. The second kappa shape index (κ2) is 7.67. The summed E-state index contributed by atoms with van der Waals surface area (Å²) in [5.74, 6) is -0.661. The summed E-state index contributed by atoms with van der Waals surface area (Å²) < 4.78 is 41.2. The third-order valence-corrected chi connectivity index (χ3v) is 4.51. The molecule has 1 aliphatic rings. The third kappa shape index (κ3) is 4.02. The van der Waals surface area contributed by atoms with E-state index in [2.05, 4.69) is 0 Å². The van der Waals surface area contributed by atoms with Gasteiger partial charge in [0.2, 0.25) is 5.91 Å². The molecule has 2 heterocycles. The number of carbonyl (C=O) groups is 1. The molecule has 26 heavy (non-hydrogen) atoms. The number of carbonyl (C=O) groups excluding carboxylic acids is 1. The summed E-state index contributed by atoms with van der Waals surface area (Å²) in [6, 6.07) is 5.70. The Morgan fingerprint density at radius 1 is 1.19 bits per heavy atom. The second-order valence-electron chi connectivity index (χ2n) is 6.27. The number of pyridine rings is 1. The van der Waals surface area contributed by atoms with Crippen molar-refractivity contribution in [1.82, 2.24) is 9.47 Å². The summed E-state index contributed by atoms with van der Waals surface area (Å²) in [5, 5.41) is 0.417. The highest BCUT2D eigenvalue weighted by molar-refractivity contribution is 5.85. The molecule has 3 rings (SSSR count). The lowest BCUT2D eigenvalue weighted by Gasteiger charge is -2.39.